The summed E-state index contributed by atoms with van der Waals surface area (Å²) in [5.74, 6) is -0.275. The predicted molar refractivity (Wildman–Crippen MR) is 149 cm³/mol. The Bertz CT molecular complexity index is 1110. The number of allylic oxidation sites excluding steroid dienone is 1. The maximum atomic E-state index is 13.0. The number of carbonyl (C=O) groups is 2. The van der Waals surface area contributed by atoms with Gasteiger partial charge in [-0.2, -0.15) is 0 Å². The lowest BCUT2D eigenvalue weighted by Crippen LogP contribution is -2.46. The lowest BCUT2D eigenvalue weighted by atomic mass is 9.95. The molecule has 2 aromatic rings. The largest absolute Gasteiger partial charge is 0.462 e. The van der Waals surface area contributed by atoms with Crippen LogP contribution in [0.1, 0.15) is 74.5 Å². The standard InChI is InChI=1S/C29H37N3O3S/c1-6-7-8-9-21-10-12-23(13-11-21)27(33)30-24-16-14-22(15-17-24)26-25(28(34)35-18-19(2)3)20(4)32(5)29(36)31-26/h10-17,19,26H,6-9,18H2,1-5H3,(H,30,33)(H,31,36). The number of anilines is 1. The predicted octanol–water partition coefficient (Wildman–Crippen LogP) is 6.01. The highest BCUT2D eigenvalue weighted by atomic mass is 32.1. The summed E-state index contributed by atoms with van der Waals surface area (Å²) in [5.41, 5.74) is 4.69. The first-order valence-corrected chi connectivity index (χ1v) is 13.0. The van der Waals surface area contributed by atoms with Crippen molar-refractivity contribution in [2.75, 3.05) is 19.0 Å². The Morgan fingerprint density at radius 2 is 1.75 bits per heavy atom. The number of hydrogen-bond donors (Lipinski definition) is 2. The van der Waals surface area contributed by atoms with Gasteiger partial charge >= 0.3 is 5.97 Å². The van der Waals surface area contributed by atoms with Crippen molar-refractivity contribution < 1.29 is 14.3 Å². The third-order valence-electron chi connectivity index (χ3n) is 6.31. The Morgan fingerprint density at radius 1 is 1.08 bits per heavy atom. The normalized spacial score (nSPS) is 15.7. The minimum Gasteiger partial charge on any atom is -0.462 e. The zero-order chi connectivity index (χ0) is 26.2. The Hall–Kier alpha value is -3.19. The van der Waals surface area contributed by atoms with Crippen molar-refractivity contribution in [2.24, 2.45) is 5.92 Å². The van der Waals surface area contributed by atoms with Crippen LogP contribution in [0.3, 0.4) is 0 Å². The number of nitrogens with zero attached hydrogens (tertiary/aromatic N) is 1. The number of nitrogens with one attached hydrogen (secondary N) is 2. The minimum atomic E-state index is -0.432. The molecule has 1 unspecified atom stereocenters. The topological polar surface area (TPSA) is 70.7 Å². The summed E-state index contributed by atoms with van der Waals surface area (Å²) in [4.78, 5) is 27.5. The van der Waals surface area contributed by atoms with Crippen LogP contribution in [0, 0.1) is 5.92 Å². The van der Waals surface area contributed by atoms with Crippen LogP contribution in [0.25, 0.3) is 0 Å². The smallest absolute Gasteiger partial charge is 0.338 e. The van der Waals surface area contributed by atoms with Crippen LogP contribution in [0.15, 0.2) is 59.8 Å². The maximum absolute atomic E-state index is 13.0. The van der Waals surface area contributed by atoms with E-state index in [0.29, 0.717) is 28.5 Å². The molecule has 3 rings (SSSR count). The molecule has 2 N–H and O–H groups in total. The molecule has 1 aliphatic rings. The summed E-state index contributed by atoms with van der Waals surface area (Å²) >= 11 is 5.48. The molecular formula is C29H37N3O3S. The van der Waals surface area contributed by atoms with E-state index in [1.165, 1.54) is 18.4 Å². The highest BCUT2D eigenvalue weighted by Gasteiger charge is 2.33. The van der Waals surface area contributed by atoms with Gasteiger partial charge in [-0.1, -0.05) is 57.9 Å². The van der Waals surface area contributed by atoms with Gasteiger partial charge in [0.1, 0.15) is 0 Å². The molecule has 7 heteroatoms. The van der Waals surface area contributed by atoms with Gasteiger partial charge in [0.2, 0.25) is 0 Å². The Labute approximate surface area is 220 Å². The fourth-order valence-electron chi connectivity index (χ4n) is 4.03. The van der Waals surface area contributed by atoms with Gasteiger partial charge in [0, 0.05) is 24.0 Å². The third kappa shape index (κ3) is 6.94. The molecule has 0 saturated carbocycles. The van der Waals surface area contributed by atoms with Gasteiger partial charge in [-0.15, -0.1) is 0 Å². The van der Waals surface area contributed by atoms with Gasteiger partial charge in [-0.25, -0.2) is 4.79 Å². The van der Waals surface area contributed by atoms with Gasteiger partial charge in [-0.05, 0) is 73.3 Å². The first kappa shape index (κ1) is 27.4. The van der Waals surface area contributed by atoms with Crippen molar-refractivity contribution in [3.05, 3.63) is 76.5 Å². The number of aryl methyl sites for hydroxylation is 1. The van der Waals surface area contributed by atoms with Crippen LogP contribution in [0.5, 0.6) is 0 Å². The van der Waals surface area contributed by atoms with E-state index in [1.54, 1.807) is 4.90 Å². The van der Waals surface area contributed by atoms with Gasteiger partial charge in [0.05, 0.1) is 18.2 Å². The third-order valence-corrected chi connectivity index (χ3v) is 6.70. The molecule has 0 aromatic heterocycles. The molecular weight excluding hydrogens is 470 g/mol. The zero-order valence-corrected chi connectivity index (χ0v) is 22.7. The van der Waals surface area contributed by atoms with Gasteiger partial charge in [0.15, 0.2) is 5.11 Å². The van der Waals surface area contributed by atoms with Gasteiger partial charge in [0.25, 0.3) is 5.91 Å². The van der Waals surface area contributed by atoms with E-state index in [4.69, 9.17) is 17.0 Å². The monoisotopic (exact) mass is 507 g/mol. The van der Waals surface area contributed by atoms with Crippen LogP contribution in [-0.2, 0) is 16.0 Å². The van der Waals surface area contributed by atoms with Crippen LogP contribution in [0.4, 0.5) is 5.69 Å². The maximum Gasteiger partial charge on any atom is 0.338 e. The fraction of sp³-hybridized carbons (Fsp3) is 0.414. The molecule has 1 atom stereocenters. The molecule has 1 heterocycles. The number of carbonyl (C=O) groups excluding carboxylic acids is 2. The Kier molecular flexibility index (Phi) is 9.65. The van der Waals surface area contributed by atoms with Crippen LogP contribution < -0.4 is 10.6 Å². The van der Waals surface area contributed by atoms with E-state index >= 15 is 0 Å². The Balaban J connectivity index is 1.72. The first-order valence-electron chi connectivity index (χ1n) is 12.6. The van der Waals surface area contributed by atoms with Crippen LogP contribution in [-0.4, -0.2) is 35.5 Å². The van der Waals surface area contributed by atoms with E-state index in [2.05, 4.69) is 17.6 Å². The van der Waals surface area contributed by atoms with Crippen molar-refractivity contribution in [2.45, 2.75) is 59.4 Å². The van der Waals surface area contributed by atoms with E-state index in [0.717, 1.165) is 24.1 Å². The first-order chi connectivity index (χ1) is 17.2. The van der Waals surface area contributed by atoms with Crippen molar-refractivity contribution in [1.29, 1.82) is 0 Å². The summed E-state index contributed by atoms with van der Waals surface area (Å²) < 4.78 is 5.55. The molecule has 0 fully saturated rings. The zero-order valence-electron chi connectivity index (χ0n) is 21.9. The second-order valence-electron chi connectivity index (χ2n) is 9.66. The summed E-state index contributed by atoms with van der Waals surface area (Å²) in [6.45, 7) is 8.41. The van der Waals surface area contributed by atoms with Gasteiger partial charge < -0.3 is 20.3 Å². The second kappa shape index (κ2) is 12.7. The minimum absolute atomic E-state index is 0.157. The van der Waals surface area contributed by atoms with Crippen molar-refractivity contribution in [3.8, 4) is 0 Å². The molecule has 0 spiro atoms. The average Bonchev–Trinajstić information content (AvgIpc) is 2.86. The van der Waals surface area contributed by atoms with E-state index in [9.17, 15) is 9.59 Å². The van der Waals surface area contributed by atoms with Crippen LogP contribution in [0.2, 0.25) is 0 Å². The molecule has 0 radical (unpaired) electrons. The van der Waals surface area contributed by atoms with Crippen molar-refractivity contribution in [1.82, 2.24) is 10.2 Å². The summed E-state index contributed by atoms with van der Waals surface area (Å²) in [7, 11) is 1.83. The average molecular weight is 508 g/mol. The highest BCUT2D eigenvalue weighted by molar-refractivity contribution is 7.80. The van der Waals surface area contributed by atoms with E-state index in [1.807, 2.05) is 76.3 Å². The number of rotatable bonds is 10. The molecule has 0 bridgehead atoms. The molecule has 192 valence electrons. The Morgan fingerprint density at radius 3 is 2.36 bits per heavy atom. The molecule has 0 aliphatic carbocycles. The van der Waals surface area contributed by atoms with Crippen molar-refractivity contribution in [3.63, 3.8) is 0 Å². The summed E-state index contributed by atoms with van der Waals surface area (Å²) in [6, 6.07) is 14.8. The fourth-order valence-corrected chi connectivity index (χ4v) is 4.29. The molecule has 1 aliphatic heterocycles. The highest BCUT2D eigenvalue weighted by Crippen LogP contribution is 2.31. The molecule has 2 aromatic carbocycles. The molecule has 36 heavy (non-hydrogen) atoms. The molecule has 6 nitrogen and oxygen atoms in total. The van der Waals surface area contributed by atoms with Gasteiger partial charge in [-0.3, -0.25) is 4.79 Å². The molecule has 1 amide bonds. The lowest BCUT2D eigenvalue weighted by Gasteiger charge is -2.35. The number of benzene rings is 2. The van der Waals surface area contributed by atoms with E-state index in [-0.39, 0.29) is 17.8 Å². The summed E-state index contributed by atoms with van der Waals surface area (Å²) in [5, 5.41) is 6.74. The van der Waals surface area contributed by atoms with Crippen LogP contribution >= 0.6 is 12.2 Å². The van der Waals surface area contributed by atoms with E-state index < -0.39 is 6.04 Å². The number of unbranched alkanes of at least 4 members (excludes halogenated alkanes) is 2. The lowest BCUT2D eigenvalue weighted by molar-refractivity contribution is -0.140. The van der Waals surface area contributed by atoms with Crippen molar-refractivity contribution >= 4 is 34.9 Å². The SMILES string of the molecule is CCCCCc1ccc(C(=O)Nc2ccc(C3NC(=S)N(C)C(C)=C3C(=O)OCC(C)C)cc2)cc1. The summed E-state index contributed by atoms with van der Waals surface area (Å²) in [6.07, 6.45) is 4.61. The number of amides is 1. The number of thiocarbonyl (C=S) groups is 1. The number of ether oxygens (including phenoxy) is 1. The number of hydrogen-bond acceptors (Lipinski definition) is 4. The molecule has 0 saturated heterocycles. The number of esters is 1. The quantitative estimate of drug-likeness (QED) is 0.233. The second-order valence-corrected chi connectivity index (χ2v) is 10.0.